The quantitative estimate of drug-likeness (QED) is 0.812. The Kier molecular flexibility index (Phi) is 3.84. The molecule has 0 aliphatic carbocycles. The van der Waals surface area contributed by atoms with E-state index in [-0.39, 0.29) is 4.90 Å². The van der Waals surface area contributed by atoms with E-state index in [4.69, 9.17) is 0 Å². The summed E-state index contributed by atoms with van der Waals surface area (Å²) < 4.78 is 24.9. The minimum absolute atomic E-state index is 0.211. The molecule has 1 aliphatic rings. The van der Waals surface area contributed by atoms with Crippen molar-refractivity contribution >= 4 is 15.8 Å². The van der Waals surface area contributed by atoms with E-state index in [1.165, 1.54) is 24.6 Å². The Morgan fingerprint density at radius 3 is 2.72 bits per heavy atom. The molecule has 2 N–H and O–H groups in total. The molecule has 0 radical (unpaired) electrons. The number of nitrogens with one attached hydrogen (secondary N) is 2. The Bertz CT molecular complexity index is 492. The summed E-state index contributed by atoms with van der Waals surface area (Å²) in [5, 5.41) is 6.52. The second kappa shape index (κ2) is 5.21. The first kappa shape index (κ1) is 13.3. The number of anilines is 1. The molecule has 100 valence electrons. The van der Waals surface area contributed by atoms with Crippen molar-refractivity contribution in [3.8, 4) is 0 Å². The van der Waals surface area contributed by atoms with Crippen LogP contribution in [0.5, 0.6) is 0 Å². The first-order chi connectivity index (χ1) is 8.50. The van der Waals surface area contributed by atoms with E-state index >= 15 is 0 Å². The molecule has 1 aliphatic heterocycles. The van der Waals surface area contributed by atoms with Crippen LogP contribution in [-0.2, 0) is 10.0 Å². The van der Waals surface area contributed by atoms with Gasteiger partial charge in [0.25, 0.3) is 0 Å². The molecule has 6 nitrogen and oxygen atoms in total. The zero-order valence-electron chi connectivity index (χ0n) is 10.5. The van der Waals surface area contributed by atoms with Crippen LogP contribution < -0.4 is 10.6 Å². The van der Waals surface area contributed by atoms with Crippen molar-refractivity contribution < 1.29 is 8.42 Å². The highest BCUT2D eigenvalue weighted by Gasteiger charge is 2.18. The molecule has 0 bridgehead atoms. The fourth-order valence-corrected chi connectivity index (χ4v) is 2.66. The zero-order chi connectivity index (χ0) is 13.2. The highest BCUT2D eigenvalue weighted by Crippen LogP contribution is 2.15. The van der Waals surface area contributed by atoms with Crippen LogP contribution in [-0.4, -0.2) is 50.9 Å². The Morgan fingerprint density at radius 1 is 1.44 bits per heavy atom. The van der Waals surface area contributed by atoms with Crippen LogP contribution in [0.2, 0.25) is 0 Å². The molecule has 1 saturated heterocycles. The maximum absolute atomic E-state index is 11.8. The van der Waals surface area contributed by atoms with Gasteiger partial charge in [0.15, 0.2) is 0 Å². The number of hydrogen-bond acceptors (Lipinski definition) is 5. The highest BCUT2D eigenvalue weighted by molar-refractivity contribution is 7.89. The third-order valence-corrected chi connectivity index (χ3v) is 4.73. The normalized spacial score (nSPS) is 20.3. The molecule has 1 fully saturated rings. The standard InChI is InChI=1S/C11H18N4O2S/c1-15(2)18(16,17)10-3-4-11(13-8-10)14-9-5-6-12-7-9/h3-4,8-9,12H,5-7H2,1-2H3,(H,13,14). The topological polar surface area (TPSA) is 74.3 Å². The van der Waals surface area contributed by atoms with Gasteiger partial charge in [-0.1, -0.05) is 0 Å². The molecule has 0 amide bonds. The van der Waals surface area contributed by atoms with E-state index in [9.17, 15) is 8.42 Å². The van der Waals surface area contributed by atoms with Gasteiger partial charge >= 0.3 is 0 Å². The molecule has 0 aromatic carbocycles. The Balaban J connectivity index is 2.10. The van der Waals surface area contributed by atoms with Gasteiger partial charge in [-0.3, -0.25) is 0 Å². The number of aromatic nitrogens is 1. The molecule has 7 heteroatoms. The lowest BCUT2D eigenvalue weighted by atomic mass is 10.2. The number of hydrogen-bond donors (Lipinski definition) is 2. The van der Waals surface area contributed by atoms with Crippen molar-refractivity contribution in [2.75, 3.05) is 32.5 Å². The summed E-state index contributed by atoms with van der Waals surface area (Å²) in [5.74, 6) is 0.710. The predicted molar refractivity (Wildman–Crippen MR) is 70.0 cm³/mol. The van der Waals surface area contributed by atoms with Gasteiger partial charge in [-0.15, -0.1) is 0 Å². The highest BCUT2D eigenvalue weighted by atomic mass is 32.2. The lowest BCUT2D eigenvalue weighted by molar-refractivity contribution is 0.520. The molecule has 18 heavy (non-hydrogen) atoms. The second-order valence-electron chi connectivity index (χ2n) is 4.50. The molecule has 2 heterocycles. The molecule has 1 aromatic heterocycles. The molecule has 1 aromatic rings. The van der Waals surface area contributed by atoms with Crippen molar-refractivity contribution in [1.82, 2.24) is 14.6 Å². The van der Waals surface area contributed by atoms with E-state index in [1.807, 2.05) is 0 Å². The Labute approximate surface area is 107 Å². The SMILES string of the molecule is CN(C)S(=O)(=O)c1ccc(NC2CCNC2)nc1. The van der Waals surface area contributed by atoms with Gasteiger partial charge in [0, 0.05) is 32.9 Å². The van der Waals surface area contributed by atoms with Crippen molar-refractivity contribution in [3.05, 3.63) is 18.3 Å². The zero-order valence-corrected chi connectivity index (χ0v) is 11.4. The third kappa shape index (κ3) is 2.80. The maximum atomic E-state index is 11.8. The van der Waals surface area contributed by atoms with Gasteiger partial charge < -0.3 is 10.6 Å². The van der Waals surface area contributed by atoms with Crippen LogP contribution in [0.4, 0.5) is 5.82 Å². The van der Waals surface area contributed by atoms with Crippen LogP contribution in [0.1, 0.15) is 6.42 Å². The second-order valence-corrected chi connectivity index (χ2v) is 6.65. The lowest BCUT2D eigenvalue weighted by Gasteiger charge is -2.14. The van der Waals surface area contributed by atoms with E-state index in [0.29, 0.717) is 11.9 Å². The summed E-state index contributed by atoms with van der Waals surface area (Å²) >= 11 is 0. The van der Waals surface area contributed by atoms with Crippen LogP contribution in [0.25, 0.3) is 0 Å². The summed E-state index contributed by atoms with van der Waals surface area (Å²) in [7, 11) is -0.379. The predicted octanol–water partition coefficient (Wildman–Crippen LogP) is 0.106. The summed E-state index contributed by atoms with van der Waals surface area (Å²) in [6.07, 6.45) is 2.44. The molecular weight excluding hydrogens is 252 g/mol. The number of rotatable bonds is 4. The molecule has 1 atom stereocenters. The first-order valence-electron chi connectivity index (χ1n) is 5.86. The van der Waals surface area contributed by atoms with E-state index in [1.54, 1.807) is 12.1 Å². The minimum atomic E-state index is -3.39. The smallest absolute Gasteiger partial charge is 0.244 e. The Morgan fingerprint density at radius 2 is 2.22 bits per heavy atom. The average molecular weight is 270 g/mol. The van der Waals surface area contributed by atoms with Crippen molar-refractivity contribution in [1.29, 1.82) is 0 Å². The summed E-state index contributed by atoms with van der Waals surface area (Å²) in [5.41, 5.74) is 0. The van der Waals surface area contributed by atoms with Crippen LogP contribution in [0, 0.1) is 0 Å². The van der Waals surface area contributed by atoms with E-state index in [2.05, 4.69) is 15.6 Å². The summed E-state index contributed by atoms with van der Waals surface area (Å²) in [6, 6.07) is 3.65. The minimum Gasteiger partial charge on any atom is -0.366 e. The lowest BCUT2D eigenvalue weighted by Crippen LogP contribution is -2.24. The molecule has 0 saturated carbocycles. The number of nitrogens with zero attached hydrogens (tertiary/aromatic N) is 2. The van der Waals surface area contributed by atoms with Crippen LogP contribution >= 0.6 is 0 Å². The summed E-state index contributed by atoms with van der Waals surface area (Å²) in [4.78, 5) is 4.36. The molecule has 0 spiro atoms. The molecule has 2 rings (SSSR count). The summed E-state index contributed by atoms with van der Waals surface area (Å²) in [6.45, 7) is 1.92. The van der Waals surface area contributed by atoms with Gasteiger partial charge in [-0.05, 0) is 25.1 Å². The van der Waals surface area contributed by atoms with Gasteiger partial charge in [0.2, 0.25) is 10.0 Å². The largest absolute Gasteiger partial charge is 0.366 e. The Hall–Kier alpha value is -1.18. The molecule has 1 unspecified atom stereocenters. The van der Waals surface area contributed by atoms with E-state index in [0.717, 1.165) is 19.5 Å². The maximum Gasteiger partial charge on any atom is 0.244 e. The van der Waals surface area contributed by atoms with Crippen molar-refractivity contribution in [3.63, 3.8) is 0 Å². The average Bonchev–Trinajstić information content (AvgIpc) is 2.82. The van der Waals surface area contributed by atoms with Gasteiger partial charge in [0.05, 0.1) is 0 Å². The first-order valence-corrected chi connectivity index (χ1v) is 7.30. The fraction of sp³-hybridized carbons (Fsp3) is 0.545. The van der Waals surface area contributed by atoms with Crippen molar-refractivity contribution in [2.45, 2.75) is 17.4 Å². The molecular formula is C11H18N4O2S. The van der Waals surface area contributed by atoms with Gasteiger partial charge in [-0.25, -0.2) is 17.7 Å². The fourth-order valence-electron chi connectivity index (χ4n) is 1.82. The van der Waals surface area contributed by atoms with Gasteiger partial charge in [0.1, 0.15) is 10.7 Å². The van der Waals surface area contributed by atoms with Crippen LogP contribution in [0.15, 0.2) is 23.2 Å². The van der Waals surface area contributed by atoms with E-state index < -0.39 is 10.0 Å². The van der Waals surface area contributed by atoms with Crippen molar-refractivity contribution in [2.24, 2.45) is 0 Å². The van der Waals surface area contributed by atoms with Gasteiger partial charge in [-0.2, -0.15) is 0 Å². The van der Waals surface area contributed by atoms with Crippen LogP contribution in [0.3, 0.4) is 0 Å². The third-order valence-electron chi connectivity index (χ3n) is 2.93. The monoisotopic (exact) mass is 270 g/mol. The number of pyridine rings is 1. The number of sulfonamides is 1.